The van der Waals surface area contributed by atoms with Crippen LogP contribution in [0.15, 0.2) is 30.3 Å². The zero-order valence-electron chi connectivity index (χ0n) is 17.1. The second-order valence-electron chi connectivity index (χ2n) is 6.24. The molecule has 0 amide bonds. The van der Waals surface area contributed by atoms with Crippen molar-refractivity contribution in [3.8, 4) is 0 Å². The fourth-order valence-corrected chi connectivity index (χ4v) is 2.27. The van der Waals surface area contributed by atoms with Gasteiger partial charge < -0.3 is 38.3 Å². The first-order valence-electron chi connectivity index (χ1n) is 9.24. The largest absolute Gasteiger partial charge is 0.480 e. The molecule has 0 heterocycles. The van der Waals surface area contributed by atoms with Crippen LogP contribution in [0.5, 0.6) is 0 Å². The van der Waals surface area contributed by atoms with Crippen molar-refractivity contribution < 1.29 is 29.7 Å². The molecule has 1 rings (SSSR count). The Hall–Kier alpha value is -2.18. The Kier molecular flexibility index (Phi) is 18.8. The van der Waals surface area contributed by atoms with Gasteiger partial charge in [-0.3, -0.25) is 14.4 Å². The van der Waals surface area contributed by atoms with Crippen LogP contribution in [0.25, 0.3) is 0 Å². The lowest BCUT2D eigenvalue weighted by Crippen LogP contribution is -2.32. The molecule has 0 saturated heterocycles. The van der Waals surface area contributed by atoms with Crippen LogP contribution in [0.2, 0.25) is 0 Å². The van der Waals surface area contributed by atoms with Crippen molar-refractivity contribution in [2.75, 3.05) is 18.6 Å². The fourth-order valence-electron chi connectivity index (χ4n) is 1.78. The van der Waals surface area contributed by atoms with Gasteiger partial charge in [0.1, 0.15) is 18.1 Å². The zero-order chi connectivity index (χ0) is 23.5. The topological polar surface area (TPSA) is 216 Å². The molecule has 0 aliphatic heterocycles. The lowest BCUT2D eigenvalue weighted by atomic mass is 10.1. The minimum Gasteiger partial charge on any atom is -0.480 e. The van der Waals surface area contributed by atoms with Crippen molar-refractivity contribution in [1.82, 2.24) is 0 Å². The predicted octanol–water partition coefficient (Wildman–Crippen LogP) is -0.0704. The fraction of sp³-hybridized carbons (Fsp3) is 0.526. The number of rotatable bonds is 11. The van der Waals surface area contributed by atoms with Gasteiger partial charge in [-0.2, -0.15) is 11.8 Å². The quantitative estimate of drug-likeness (QED) is 0.238. The minimum atomic E-state index is -0.959. The summed E-state index contributed by atoms with van der Waals surface area (Å²) in [6, 6.07) is 7.12. The van der Waals surface area contributed by atoms with Gasteiger partial charge in [0.25, 0.3) is 0 Å². The van der Waals surface area contributed by atoms with E-state index < -0.39 is 36.0 Å². The van der Waals surface area contributed by atoms with Crippen LogP contribution in [0, 0.1) is 0 Å². The number of benzene rings is 1. The molecule has 1 aromatic rings. The van der Waals surface area contributed by atoms with Gasteiger partial charge in [-0.1, -0.05) is 30.3 Å². The summed E-state index contributed by atoms with van der Waals surface area (Å²) in [5.74, 6) is -2.01. The Bertz CT molecular complexity index is 582. The highest BCUT2D eigenvalue weighted by molar-refractivity contribution is 7.98. The molecule has 0 radical (unpaired) electrons. The average Bonchev–Trinajstić information content (AvgIpc) is 2.71. The van der Waals surface area contributed by atoms with Gasteiger partial charge in [0.05, 0.1) is 0 Å². The van der Waals surface area contributed by atoms with Crippen LogP contribution in [0.1, 0.15) is 24.8 Å². The number of carbonyl (C=O) groups is 3. The summed E-state index contributed by atoms with van der Waals surface area (Å²) in [7, 11) is 0. The van der Waals surface area contributed by atoms with Crippen molar-refractivity contribution >= 4 is 29.7 Å². The Balaban J connectivity index is 0. The molecule has 172 valence electrons. The number of carboxylic acids is 3. The molecular weight excluding hydrogens is 412 g/mol. The summed E-state index contributed by atoms with van der Waals surface area (Å²) in [5.41, 5.74) is 21.8. The molecular formula is C19H34N4O6S. The molecule has 0 aromatic heterocycles. The van der Waals surface area contributed by atoms with Crippen LogP contribution < -0.4 is 22.9 Å². The first-order chi connectivity index (χ1) is 14.1. The second kappa shape index (κ2) is 18.8. The number of aliphatic carboxylic acids is 3. The van der Waals surface area contributed by atoms with E-state index in [0.717, 1.165) is 11.3 Å². The molecule has 11 heteroatoms. The number of hydrogen-bond acceptors (Lipinski definition) is 8. The maximum Gasteiger partial charge on any atom is 0.320 e. The third-order valence-corrected chi connectivity index (χ3v) is 4.25. The van der Waals surface area contributed by atoms with Crippen molar-refractivity contribution in [3.63, 3.8) is 0 Å². The smallest absolute Gasteiger partial charge is 0.320 e. The van der Waals surface area contributed by atoms with Crippen LogP contribution in [-0.4, -0.2) is 69.9 Å². The second-order valence-corrected chi connectivity index (χ2v) is 7.22. The van der Waals surface area contributed by atoms with E-state index in [2.05, 4.69) is 0 Å². The maximum atomic E-state index is 10.4. The van der Waals surface area contributed by atoms with Gasteiger partial charge in [-0.15, -0.1) is 0 Å². The number of nitrogens with two attached hydrogens (primary N) is 4. The zero-order valence-corrected chi connectivity index (χ0v) is 18.0. The van der Waals surface area contributed by atoms with E-state index in [1.165, 1.54) is 0 Å². The summed E-state index contributed by atoms with van der Waals surface area (Å²) in [4.78, 5) is 30.5. The normalized spacial score (nSPS) is 12.8. The molecule has 11 N–H and O–H groups in total. The van der Waals surface area contributed by atoms with Crippen molar-refractivity contribution in [3.05, 3.63) is 35.9 Å². The Morgan fingerprint density at radius 2 is 1.33 bits per heavy atom. The predicted molar refractivity (Wildman–Crippen MR) is 118 cm³/mol. The summed E-state index contributed by atoms with van der Waals surface area (Å²) >= 11 is 1.60. The lowest BCUT2D eigenvalue weighted by molar-refractivity contribution is -0.139. The molecule has 0 fully saturated rings. The summed E-state index contributed by atoms with van der Waals surface area (Å²) < 4.78 is 0. The lowest BCUT2D eigenvalue weighted by Gasteiger charge is -2.04. The third kappa shape index (κ3) is 17.9. The molecule has 0 bridgehead atoms. The van der Waals surface area contributed by atoms with E-state index >= 15 is 0 Å². The Morgan fingerprint density at radius 1 is 0.867 bits per heavy atom. The molecule has 0 aliphatic carbocycles. The highest BCUT2D eigenvalue weighted by Gasteiger charge is 2.11. The first-order valence-corrected chi connectivity index (χ1v) is 10.6. The number of hydrogen-bond donors (Lipinski definition) is 7. The molecule has 30 heavy (non-hydrogen) atoms. The van der Waals surface area contributed by atoms with E-state index in [1.807, 2.05) is 36.6 Å². The summed E-state index contributed by atoms with van der Waals surface area (Å²) in [6.07, 6.45) is 4.00. The van der Waals surface area contributed by atoms with Crippen LogP contribution in [0.4, 0.5) is 0 Å². The first kappa shape index (κ1) is 30.0. The van der Waals surface area contributed by atoms with Gasteiger partial charge in [0.15, 0.2) is 0 Å². The Morgan fingerprint density at radius 3 is 1.73 bits per heavy atom. The van der Waals surface area contributed by atoms with Gasteiger partial charge in [0, 0.05) is 0 Å². The van der Waals surface area contributed by atoms with E-state index in [0.29, 0.717) is 32.2 Å². The molecule has 0 aliphatic rings. The molecule has 0 saturated carbocycles. The minimum absolute atomic E-state index is 0.385. The van der Waals surface area contributed by atoms with Crippen molar-refractivity contribution in [2.24, 2.45) is 22.9 Å². The van der Waals surface area contributed by atoms with Gasteiger partial charge in [0.2, 0.25) is 0 Å². The van der Waals surface area contributed by atoms with Crippen LogP contribution >= 0.6 is 11.8 Å². The standard InChI is InChI=1S/C9H11NO2.C5H12N2O2.C5H11NO2S/c10-8(9(11)12)6-7-4-2-1-3-5-7;6-3-1-2-4(7)5(8)9;1-9-3-2-4(6)5(7)8/h1-5,8H,6,10H2,(H,11,12);4H,1-3,6-7H2,(H,8,9);4H,2-3,6H2,1H3,(H,7,8)/t8-;2*4-/m000/s1. The van der Waals surface area contributed by atoms with E-state index in [9.17, 15) is 14.4 Å². The summed E-state index contributed by atoms with van der Waals surface area (Å²) in [6.45, 7) is 0.501. The van der Waals surface area contributed by atoms with E-state index in [1.54, 1.807) is 11.8 Å². The van der Waals surface area contributed by atoms with Gasteiger partial charge in [-0.25, -0.2) is 0 Å². The van der Waals surface area contributed by atoms with Crippen LogP contribution in [0.3, 0.4) is 0 Å². The Labute approximate surface area is 181 Å². The monoisotopic (exact) mass is 446 g/mol. The van der Waals surface area contributed by atoms with E-state index in [4.69, 9.17) is 38.3 Å². The average molecular weight is 447 g/mol. The van der Waals surface area contributed by atoms with Gasteiger partial charge >= 0.3 is 17.9 Å². The van der Waals surface area contributed by atoms with E-state index in [-0.39, 0.29) is 0 Å². The SMILES string of the molecule is CSCC[C@H](N)C(=O)O.NCCC[C@H](N)C(=O)O.N[C@@H](Cc1ccccc1)C(=O)O. The molecule has 3 atom stereocenters. The highest BCUT2D eigenvalue weighted by Crippen LogP contribution is 2.01. The number of thioether (sulfide) groups is 1. The van der Waals surface area contributed by atoms with Crippen LogP contribution in [-0.2, 0) is 20.8 Å². The van der Waals surface area contributed by atoms with Crippen molar-refractivity contribution in [2.45, 2.75) is 43.8 Å². The molecule has 1 aromatic carbocycles. The van der Waals surface area contributed by atoms with Crippen molar-refractivity contribution in [1.29, 1.82) is 0 Å². The highest BCUT2D eigenvalue weighted by atomic mass is 32.2. The van der Waals surface area contributed by atoms with Gasteiger partial charge in [-0.05, 0) is 49.8 Å². The molecule has 0 spiro atoms. The molecule has 10 nitrogen and oxygen atoms in total. The summed E-state index contributed by atoms with van der Waals surface area (Å²) in [5, 5.41) is 25.0. The molecule has 0 unspecified atom stereocenters. The number of carboxylic acid groups (broad SMARTS) is 3. The third-order valence-electron chi connectivity index (χ3n) is 3.60. The maximum absolute atomic E-state index is 10.4.